The van der Waals surface area contributed by atoms with E-state index in [-0.39, 0.29) is 6.54 Å². The molecular formula is C11H21NO5S. The Kier molecular flexibility index (Phi) is 4.93. The van der Waals surface area contributed by atoms with E-state index >= 15 is 0 Å². The molecule has 0 aromatic rings. The van der Waals surface area contributed by atoms with E-state index in [1.807, 2.05) is 0 Å². The summed E-state index contributed by atoms with van der Waals surface area (Å²) in [4.78, 5) is 22.3. The Morgan fingerprint density at radius 2 is 1.56 bits per heavy atom. The Morgan fingerprint density at radius 3 is 1.89 bits per heavy atom. The summed E-state index contributed by atoms with van der Waals surface area (Å²) in [5, 5.41) is 11.2. The number of rotatable bonds is 5. The molecule has 0 spiro atoms. The van der Waals surface area contributed by atoms with Gasteiger partial charge in [-0.2, -0.15) is 0 Å². The van der Waals surface area contributed by atoms with Gasteiger partial charge in [0.2, 0.25) is 5.91 Å². The van der Waals surface area contributed by atoms with Crippen molar-refractivity contribution in [3.63, 3.8) is 0 Å². The van der Waals surface area contributed by atoms with Crippen LogP contribution in [0.15, 0.2) is 0 Å². The van der Waals surface area contributed by atoms with Gasteiger partial charge in [-0.3, -0.25) is 9.59 Å². The van der Waals surface area contributed by atoms with Crippen molar-refractivity contribution in [2.24, 2.45) is 5.41 Å². The lowest BCUT2D eigenvalue weighted by Gasteiger charge is -2.21. The minimum atomic E-state index is -3.54. The summed E-state index contributed by atoms with van der Waals surface area (Å²) in [6.07, 6.45) is 0. The van der Waals surface area contributed by atoms with E-state index < -0.39 is 37.6 Å². The highest BCUT2D eigenvalue weighted by molar-refractivity contribution is 7.93. The molecule has 106 valence electrons. The van der Waals surface area contributed by atoms with Gasteiger partial charge < -0.3 is 10.4 Å². The van der Waals surface area contributed by atoms with Crippen molar-refractivity contribution in [2.45, 2.75) is 39.4 Å². The lowest BCUT2D eigenvalue weighted by molar-refractivity contribution is -0.146. The molecule has 2 N–H and O–H groups in total. The summed E-state index contributed by atoms with van der Waals surface area (Å²) in [5.74, 6) is -2.37. The molecule has 0 fully saturated rings. The Bertz CT molecular complexity index is 431. The third kappa shape index (κ3) is 4.64. The Balaban J connectivity index is 4.53. The van der Waals surface area contributed by atoms with Crippen LogP contribution in [0.1, 0.15) is 34.6 Å². The quantitative estimate of drug-likeness (QED) is 0.760. The Morgan fingerprint density at radius 1 is 1.11 bits per heavy atom. The van der Waals surface area contributed by atoms with Crippen molar-refractivity contribution in [3.05, 3.63) is 0 Å². The van der Waals surface area contributed by atoms with Crippen LogP contribution < -0.4 is 5.32 Å². The Hall–Kier alpha value is -1.11. The van der Waals surface area contributed by atoms with Crippen molar-refractivity contribution in [3.8, 4) is 0 Å². The maximum Gasteiger partial charge on any atom is 0.310 e. The monoisotopic (exact) mass is 279 g/mol. The van der Waals surface area contributed by atoms with Crippen LogP contribution in [0, 0.1) is 5.41 Å². The predicted molar refractivity (Wildman–Crippen MR) is 68.0 cm³/mol. The van der Waals surface area contributed by atoms with E-state index in [0.29, 0.717) is 0 Å². The molecule has 0 aliphatic carbocycles. The van der Waals surface area contributed by atoms with Gasteiger partial charge in [-0.15, -0.1) is 0 Å². The van der Waals surface area contributed by atoms with Gasteiger partial charge >= 0.3 is 5.97 Å². The van der Waals surface area contributed by atoms with Gasteiger partial charge in [-0.25, -0.2) is 8.42 Å². The molecule has 0 saturated carbocycles. The number of nitrogens with one attached hydrogen (secondary N) is 1. The molecule has 18 heavy (non-hydrogen) atoms. The molecule has 0 heterocycles. The van der Waals surface area contributed by atoms with E-state index in [9.17, 15) is 18.0 Å². The van der Waals surface area contributed by atoms with E-state index in [1.165, 1.54) is 34.6 Å². The highest BCUT2D eigenvalue weighted by atomic mass is 32.2. The first-order chi connectivity index (χ1) is 7.79. The highest BCUT2D eigenvalue weighted by Gasteiger charge is 2.32. The number of aliphatic carboxylic acids is 1. The second-order valence-electron chi connectivity index (χ2n) is 5.84. The van der Waals surface area contributed by atoms with Crippen molar-refractivity contribution in [1.29, 1.82) is 0 Å². The molecule has 0 saturated heterocycles. The van der Waals surface area contributed by atoms with Crippen LogP contribution >= 0.6 is 0 Å². The number of hydrogen-bond acceptors (Lipinski definition) is 4. The van der Waals surface area contributed by atoms with Crippen LogP contribution in [-0.4, -0.2) is 42.4 Å². The second kappa shape index (κ2) is 5.26. The molecule has 0 aromatic carbocycles. The van der Waals surface area contributed by atoms with Gasteiger partial charge in [0.1, 0.15) is 5.75 Å². The van der Waals surface area contributed by atoms with E-state index in [1.54, 1.807) is 0 Å². The molecule has 1 amide bonds. The first-order valence-electron chi connectivity index (χ1n) is 5.52. The van der Waals surface area contributed by atoms with Crippen LogP contribution in [0.4, 0.5) is 0 Å². The largest absolute Gasteiger partial charge is 0.481 e. The smallest absolute Gasteiger partial charge is 0.310 e. The fourth-order valence-electron chi connectivity index (χ4n) is 0.835. The number of hydrogen-bond donors (Lipinski definition) is 2. The molecule has 0 aromatic heterocycles. The third-order valence-electron chi connectivity index (χ3n) is 2.56. The first-order valence-corrected chi connectivity index (χ1v) is 7.17. The van der Waals surface area contributed by atoms with Crippen LogP contribution in [-0.2, 0) is 19.4 Å². The molecule has 0 aliphatic rings. The molecule has 0 unspecified atom stereocenters. The van der Waals surface area contributed by atoms with Crippen molar-refractivity contribution >= 4 is 21.7 Å². The summed E-state index contributed by atoms with van der Waals surface area (Å²) in [5.41, 5.74) is -1.12. The van der Waals surface area contributed by atoms with Crippen LogP contribution in [0.5, 0.6) is 0 Å². The first kappa shape index (κ1) is 16.9. The van der Waals surface area contributed by atoms with Gasteiger partial charge in [-0.1, -0.05) is 0 Å². The summed E-state index contributed by atoms with van der Waals surface area (Å²) >= 11 is 0. The van der Waals surface area contributed by atoms with Crippen LogP contribution in [0.2, 0.25) is 0 Å². The number of carbonyl (C=O) groups is 2. The number of sulfone groups is 1. The highest BCUT2D eigenvalue weighted by Crippen LogP contribution is 2.16. The maximum atomic E-state index is 11.7. The molecule has 0 aliphatic heterocycles. The predicted octanol–water partition coefficient (Wildman–Crippen LogP) is 0.427. The van der Waals surface area contributed by atoms with Crippen molar-refractivity contribution < 1.29 is 23.1 Å². The van der Waals surface area contributed by atoms with Gasteiger partial charge in [0.05, 0.1) is 10.2 Å². The standard InChI is InChI=1S/C11H21NO5S/c1-10(2,3)18(16,17)6-8(13)12-7-11(4,5)9(14)15/h6-7H2,1-5H3,(H,12,13)(H,14,15). The summed E-state index contributed by atoms with van der Waals surface area (Å²) < 4.78 is 22.5. The number of carboxylic acid groups (broad SMARTS) is 1. The summed E-state index contributed by atoms with van der Waals surface area (Å²) in [7, 11) is -3.54. The zero-order chi connectivity index (χ0) is 14.8. The zero-order valence-electron chi connectivity index (χ0n) is 11.4. The number of amides is 1. The van der Waals surface area contributed by atoms with E-state index in [4.69, 9.17) is 5.11 Å². The van der Waals surface area contributed by atoms with E-state index in [2.05, 4.69) is 5.32 Å². The zero-order valence-corrected chi connectivity index (χ0v) is 12.2. The minimum absolute atomic E-state index is 0.110. The normalized spacial score (nSPS) is 13.2. The van der Waals surface area contributed by atoms with Gasteiger partial charge in [-0.05, 0) is 34.6 Å². The summed E-state index contributed by atoms with van der Waals surface area (Å²) in [6, 6.07) is 0. The SMILES string of the molecule is CC(C)(CNC(=O)CS(=O)(=O)C(C)(C)C)C(=O)O. The Labute approximate surface area is 108 Å². The van der Waals surface area contributed by atoms with E-state index in [0.717, 1.165) is 0 Å². The lowest BCUT2D eigenvalue weighted by Crippen LogP contribution is -2.43. The van der Waals surface area contributed by atoms with Gasteiger partial charge in [0.25, 0.3) is 0 Å². The fraction of sp³-hybridized carbons (Fsp3) is 0.818. The molecular weight excluding hydrogens is 258 g/mol. The maximum absolute atomic E-state index is 11.7. The summed E-state index contributed by atoms with van der Waals surface area (Å²) in [6.45, 7) is 7.33. The van der Waals surface area contributed by atoms with Gasteiger partial charge in [0, 0.05) is 6.54 Å². The van der Waals surface area contributed by atoms with Crippen molar-refractivity contribution in [2.75, 3.05) is 12.3 Å². The molecule has 0 rings (SSSR count). The second-order valence-corrected chi connectivity index (χ2v) is 8.58. The van der Waals surface area contributed by atoms with Crippen LogP contribution in [0.25, 0.3) is 0 Å². The van der Waals surface area contributed by atoms with Gasteiger partial charge in [0.15, 0.2) is 9.84 Å². The number of carbonyl (C=O) groups excluding carboxylic acids is 1. The van der Waals surface area contributed by atoms with Crippen LogP contribution in [0.3, 0.4) is 0 Å². The topological polar surface area (TPSA) is 101 Å². The lowest BCUT2D eigenvalue weighted by atomic mass is 9.94. The third-order valence-corrected chi connectivity index (χ3v) is 5.07. The average Bonchev–Trinajstić information content (AvgIpc) is 2.12. The molecule has 0 bridgehead atoms. The molecule has 7 heteroatoms. The minimum Gasteiger partial charge on any atom is -0.481 e. The molecule has 6 nitrogen and oxygen atoms in total. The molecule has 0 radical (unpaired) electrons. The fourth-order valence-corrected chi connectivity index (χ4v) is 1.72. The molecule has 0 atom stereocenters. The number of carboxylic acids is 1. The average molecular weight is 279 g/mol. The van der Waals surface area contributed by atoms with Crippen molar-refractivity contribution in [1.82, 2.24) is 5.32 Å².